The number of carbonyl (C=O) groups is 1. The van der Waals surface area contributed by atoms with Crippen LogP contribution < -0.4 is 4.74 Å². The van der Waals surface area contributed by atoms with Crippen LogP contribution in [-0.2, 0) is 4.79 Å². The molecule has 1 aliphatic rings. The summed E-state index contributed by atoms with van der Waals surface area (Å²) in [6, 6.07) is 4.70. The van der Waals surface area contributed by atoms with Gasteiger partial charge in [-0.05, 0) is 31.6 Å². The minimum atomic E-state index is -4.81. The summed E-state index contributed by atoms with van der Waals surface area (Å²) in [4.78, 5) is 11.4. The molecule has 0 radical (unpaired) electrons. The molecule has 1 unspecified atom stereocenters. The lowest BCUT2D eigenvalue weighted by Crippen LogP contribution is -2.54. The third-order valence-electron chi connectivity index (χ3n) is 3.76. The van der Waals surface area contributed by atoms with Gasteiger partial charge in [-0.3, -0.25) is 0 Å². The summed E-state index contributed by atoms with van der Waals surface area (Å²) in [5.41, 5.74) is -2.38. The number of aliphatic carboxylic acids is 1. The number of aryl methyl sites for hydroxylation is 1. The summed E-state index contributed by atoms with van der Waals surface area (Å²) >= 11 is 0. The number of ether oxygens (including phenoxy) is 1. The number of unbranched alkanes of at least 4 members (excludes halogenated alkanes) is 1. The van der Waals surface area contributed by atoms with Gasteiger partial charge in [0.15, 0.2) is 0 Å². The zero-order valence-corrected chi connectivity index (χ0v) is 12.3. The van der Waals surface area contributed by atoms with Gasteiger partial charge in [0.2, 0.25) is 5.60 Å². The molecule has 0 aliphatic carbocycles. The van der Waals surface area contributed by atoms with Gasteiger partial charge >= 0.3 is 12.1 Å². The van der Waals surface area contributed by atoms with E-state index < -0.39 is 29.7 Å². The molecule has 120 valence electrons. The number of alkyl halides is 3. The van der Waals surface area contributed by atoms with E-state index in [1.807, 2.05) is 0 Å². The van der Waals surface area contributed by atoms with E-state index in [9.17, 15) is 23.1 Å². The molecule has 22 heavy (non-hydrogen) atoms. The minimum Gasteiger partial charge on any atom is -0.478 e. The van der Waals surface area contributed by atoms with Gasteiger partial charge in [-0.2, -0.15) is 13.2 Å². The van der Waals surface area contributed by atoms with Crippen LogP contribution >= 0.6 is 0 Å². The Hall–Kier alpha value is -1.98. The molecule has 1 aliphatic heterocycles. The van der Waals surface area contributed by atoms with E-state index in [-0.39, 0.29) is 12.2 Å². The fourth-order valence-electron chi connectivity index (χ4n) is 2.59. The highest BCUT2D eigenvalue weighted by Gasteiger charge is 2.62. The molecule has 0 fully saturated rings. The molecule has 1 heterocycles. The predicted octanol–water partition coefficient (Wildman–Crippen LogP) is 4.35. The molecule has 3 nitrogen and oxygen atoms in total. The van der Waals surface area contributed by atoms with Gasteiger partial charge < -0.3 is 9.84 Å². The minimum absolute atomic E-state index is 0.0593. The van der Waals surface area contributed by atoms with Gasteiger partial charge in [-0.25, -0.2) is 4.79 Å². The number of rotatable bonds is 4. The maximum atomic E-state index is 13.7. The van der Waals surface area contributed by atoms with Gasteiger partial charge in [-0.1, -0.05) is 25.0 Å². The second-order valence-electron chi connectivity index (χ2n) is 5.43. The number of fused-ring (bicyclic) bond motifs is 1. The van der Waals surface area contributed by atoms with Crippen LogP contribution in [0.5, 0.6) is 5.75 Å². The molecule has 1 aromatic carbocycles. The van der Waals surface area contributed by atoms with Crippen molar-refractivity contribution in [3.8, 4) is 5.75 Å². The summed E-state index contributed by atoms with van der Waals surface area (Å²) in [5, 5.41) is 9.28. The lowest BCUT2D eigenvalue weighted by Gasteiger charge is -2.39. The highest BCUT2D eigenvalue weighted by atomic mass is 19.4. The van der Waals surface area contributed by atoms with Gasteiger partial charge in [-0.15, -0.1) is 0 Å². The van der Waals surface area contributed by atoms with Crippen LogP contribution in [0.1, 0.15) is 37.3 Å². The maximum absolute atomic E-state index is 13.7. The maximum Gasteiger partial charge on any atom is 0.432 e. The molecular weight excluding hydrogens is 297 g/mol. The lowest BCUT2D eigenvalue weighted by molar-refractivity contribution is -0.238. The Labute approximate surface area is 126 Å². The average molecular weight is 314 g/mol. The van der Waals surface area contributed by atoms with Crippen molar-refractivity contribution in [2.45, 2.75) is 44.9 Å². The molecule has 0 saturated heterocycles. The second-order valence-corrected chi connectivity index (χ2v) is 5.43. The Morgan fingerprint density at radius 2 is 2.05 bits per heavy atom. The molecule has 2 rings (SSSR count). The zero-order chi connectivity index (χ0) is 16.5. The zero-order valence-electron chi connectivity index (χ0n) is 12.3. The van der Waals surface area contributed by atoms with Crippen LogP contribution in [0.15, 0.2) is 23.8 Å². The molecule has 0 amide bonds. The topological polar surface area (TPSA) is 46.5 Å². The first-order chi connectivity index (χ1) is 10.2. The Kier molecular flexibility index (Phi) is 4.22. The Morgan fingerprint density at radius 1 is 1.36 bits per heavy atom. The van der Waals surface area contributed by atoms with Crippen LogP contribution in [0.2, 0.25) is 0 Å². The van der Waals surface area contributed by atoms with Crippen molar-refractivity contribution in [3.63, 3.8) is 0 Å². The van der Waals surface area contributed by atoms with Gasteiger partial charge in [0, 0.05) is 12.0 Å². The predicted molar refractivity (Wildman–Crippen MR) is 75.7 cm³/mol. The molecule has 0 bridgehead atoms. The van der Waals surface area contributed by atoms with Crippen LogP contribution in [0.3, 0.4) is 0 Å². The standard InChI is InChI=1S/C16H17F3O3/c1-3-4-7-15(16(17,18)19)12(14(20)21)9-11-8-10(2)5-6-13(11)22-15/h5-6,8-9H,3-4,7H2,1-2H3,(H,20,21). The number of benzene rings is 1. The Bertz CT molecular complexity index is 620. The SMILES string of the molecule is CCCCC1(C(F)(F)F)Oc2ccc(C)cc2C=C1C(=O)O. The smallest absolute Gasteiger partial charge is 0.432 e. The second kappa shape index (κ2) is 5.66. The summed E-state index contributed by atoms with van der Waals surface area (Å²) < 4.78 is 46.3. The third-order valence-corrected chi connectivity index (χ3v) is 3.76. The number of carboxylic acids is 1. The normalized spacial score (nSPS) is 20.9. The molecule has 1 N–H and O–H groups in total. The van der Waals surface area contributed by atoms with E-state index in [2.05, 4.69) is 0 Å². The van der Waals surface area contributed by atoms with Gasteiger partial charge in [0.05, 0.1) is 5.57 Å². The number of halogens is 3. The van der Waals surface area contributed by atoms with Gasteiger partial charge in [0.1, 0.15) is 5.75 Å². The van der Waals surface area contributed by atoms with Crippen molar-refractivity contribution in [2.24, 2.45) is 0 Å². The highest BCUT2D eigenvalue weighted by Crippen LogP contribution is 2.48. The van der Waals surface area contributed by atoms with E-state index in [4.69, 9.17) is 4.74 Å². The van der Waals surface area contributed by atoms with Gasteiger partial charge in [0.25, 0.3) is 0 Å². The molecule has 6 heteroatoms. The molecule has 1 atom stereocenters. The molecule has 0 spiro atoms. The molecule has 0 saturated carbocycles. The van der Waals surface area contributed by atoms with E-state index >= 15 is 0 Å². The van der Waals surface area contributed by atoms with Crippen molar-refractivity contribution in [1.82, 2.24) is 0 Å². The van der Waals surface area contributed by atoms with Crippen LogP contribution in [0.25, 0.3) is 6.08 Å². The summed E-state index contributed by atoms with van der Waals surface area (Å²) in [6.07, 6.45) is -3.43. The number of carboxylic acid groups (broad SMARTS) is 1. The fraction of sp³-hybridized carbons (Fsp3) is 0.438. The first-order valence-corrected chi connectivity index (χ1v) is 7.03. The Morgan fingerprint density at radius 3 is 2.59 bits per heavy atom. The van der Waals surface area contributed by atoms with E-state index in [0.717, 1.165) is 11.6 Å². The first kappa shape index (κ1) is 16.4. The van der Waals surface area contributed by atoms with Crippen molar-refractivity contribution in [2.75, 3.05) is 0 Å². The Balaban J connectivity index is 2.63. The number of hydrogen-bond donors (Lipinski definition) is 1. The fourth-order valence-corrected chi connectivity index (χ4v) is 2.59. The monoisotopic (exact) mass is 314 g/mol. The quantitative estimate of drug-likeness (QED) is 0.899. The summed E-state index contributed by atoms with van der Waals surface area (Å²) in [7, 11) is 0. The molecule has 0 aromatic heterocycles. The highest BCUT2D eigenvalue weighted by molar-refractivity contribution is 5.96. The summed E-state index contributed by atoms with van der Waals surface area (Å²) in [6.45, 7) is 3.52. The van der Waals surface area contributed by atoms with Crippen molar-refractivity contribution < 1.29 is 27.8 Å². The van der Waals surface area contributed by atoms with Crippen molar-refractivity contribution in [1.29, 1.82) is 0 Å². The van der Waals surface area contributed by atoms with Crippen LogP contribution in [-0.4, -0.2) is 22.9 Å². The van der Waals surface area contributed by atoms with E-state index in [0.29, 0.717) is 12.0 Å². The molecule has 1 aromatic rings. The van der Waals surface area contributed by atoms with E-state index in [1.54, 1.807) is 26.0 Å². The largest absolute Gasteiger partial charge is 0.478 e. The van der Waals surface area contributed by atoms with Crippen LogP contribution in [0.4, 0.5) is 13.2 Å². The van der Waals surface area contributed by atoms with Crippen molar-refractivity contribution in [3.05, 3.63) is 34.9 Å². The van der Waals surface area contributed by atoms with Crippen LogP contribution in [0, 0.1) is 6.92 Å². The first-order valence-electron chi connectivity index (χ1n) is 7.03. The van der Waals surface area contributed by atoms with Crippen molar-refractivity contribution >= 4 is 12.0 Å². The average Bonchev–Trinajstić information content (AvgIpc) is 2.42. The third kappa shape index (κ3) is 2.69. The summed E-state index contributed by atoms with van der Waals surface area (Å²) in [5.74, 6) is -1.55. The number of hydrogen-bond acceptors (Lipinski definition) is 2. The van der Waals surface area contributed by atoms with E-state index in [1.165, 1.54) is 6.07 Å². The lowest BCUT2D eigenvalue weighted by atomic mass is 9.83. The molecular formula is C16H17F3O3.